The molecule has 28 heavy (non-hydrogen) atoms. The number of unbranched alkanes of at least 4 members (excludes halogenated alkanes) is 2. The van der Waals surface area contributed by atoms with E-state index in [1.807, 2.05) is 24.3 Å². The molecule has 0 aliphatic carbocycles. The van der Waals surface area contributed by atoms with Gasteiger partial charge < -0.3 is 9.32 Å². The third-order valence-corrected chi connectivity index (χ3v) is 4.93. The van der Waals surface area contributed by atoms with Gasteiger partial charge in [-0.2, -0.15) is 0 Å². The summed E-state index contributed by atoms with van der Waals surface area (Å²) in [5, 5.41) is 0.758. The number of hydrogen-bond acceptors (Lipinski definition) is 4. The summed E-state index contributed by atoms with van der Waals surface area (Å²) in [6.45, 7) is 6.33. The number of rotatable bonds is 9. The Labute approximate surface area is 165 Å². The summed E-state index contributed by atoms with van der Waals surface area (Å²) >= 11 is 0. The van der Waals surface area contributed by atoms with Crippen LogP contribution < -0.4 is 10.5 Å². The Morgan fingerprint density at radius 3 is 2.25 bits per heavy atom. The minimum atomic E-state index is -0.591. The van der Waals surface area contributed by atoms with Gasteiger partial charge in [0.05, 0.1) is 0 Å². The van der Waals surface area contributed by atoms with Crippen LogP contribution in [-0.2, 0) is 0 Å². The Balaban J connectivity index is 1.95. The van der Waals surface area contributed by atoms with Gasteiger partial charge in [-0.15, -0.1) is 0 Å². The van der Waals surface area contributed by atoms with Gasteiger partial charge in [0, 0.05) is 35.8 Å². The molecular formula is C24H27NO3. The van der Waals surface area contributed by atoms with Crippen molar-refractivity contribution >= 4 is 22.4 Å². The van der Waals surface area contributed by atoms with Crippen LogP contribution in [0.3, 0.4) is 0 Å². The van der Waals surface area contributed by atoms with Crippen LogP contribution in [0.15, 0.2) is 63.8 Å². The maximum atomic E-state index is 12.7. The molecule has 0 N–H and O–H groups in total. The highest BCUT2D eigenvalue weighted by atomic mass is 16.4. The van der Waals surface area contributed by atoms with E-state index in [9.17, 15) is 9.59 Å². The molecule has 1 aromatic heterocycles. The number of nitrogens with zero attached hydrogens (tertiary/aromatic N) is 1. The Hall–Kier alpha value is -2.88. The number of anilines is 1. The predicted molar refractivity (Wildman–Crippen MR) is 114 cm³/mol. The molecule has 4 nitrogen and oxygen atoms in total. The molecule has 3 rings (SSSR count). The zero-order valence-electron chi connectivity index (χ0n) is 16.6. The Morgan fingerprint density at radius 1 is 0.929 bits per heavy atom. The van der Waals surface area contributed by atoms with E-state index in [2.05, 4.69) is 18.7 Å². The second-order valence-corrected chi connectivity index (χ2v) is 7.06. The van der Waals surface area contributed by atoms with Gasteiger partial charge in [0.25, 0.3) is 0 Å². The molecule has 0 spiro atoms. The van der Waals surface area contributed by atoms with Gasteiger partial charge in [-0.05, 0) is 31.0 Å². The maximum absolute atomic E-state index is 12.7. The molecule has 0 bridgehead atoms. The van der Waals surface area contributed by atoms with Gasteiger partial charge in [0.1, 0.15) is 11.1 Å². The summed E-state index contributed by atoms with van der Waals surface area (Å²) < 4.78 is 5.53. The van der Waals surface area contributed by atoms with Crippen molar-refractivity contribution in [3.05, 3.63) is 76.1 Å². The van der Waals surface area contributed by atoms with Crippen LogP contribution in [0, 0.1) is 0 Å². The molecule has 0 amide bonds. The van der Waals surface area contributed by atoms with Crippen LogP contribution in [0.25, 0.3) is 11.0 Å². The van der Waals surface area contributed by atoms with Crippen molar-refractivity contribution in [2.24, 2.45) is 0 Å². The average molecular weight is 377 g/mol. The molecule has 0 radical (unpaired) electrons. The Kier molecular flexibility index (Phi) is 6.64. The van der Waals surface area contributed by atoms with Crippen LogP contribution in [0.1, 0.15) is 55.5 Å². The molecule has 0 aliphatic heterocycles. The zero-order chi connectivity index (χ0) is 19.9. The van der Waals surface area contributed by atoms with Crippen molar-refractivity contribution in [1.29, 1.82) is 0 Å². The second-order valence-electron chi connectivity index (χ2n) is 7.06. The molecule has 0 saturated heterocycles. The first-order valence-electron chi connectivity index (χ1n) is 10.1. The lowest BCUT2D eigenvalue weighted by Crippen LogP contribution is -2.25. The molecule has 0 saturated carbocycles. The summed E-state index contributed by atoms with van der Waals surface area (Å²) in [4.78, 5) is 27.5. The molecule has 0 unspecified atom stereocenters. The van der Waals surface area contributed by atoms with E-state index in [0.717, 1.165) is 49.8 Å². The number of ketones is 1. The third kappa shape index (κ3) is 4.50. The van der Waals surface area contributed by atoms with Gasteiger partial charge in [-0.3, -0.25) is 4.79 Å². The van der Waals surface area contributed by atoms with Crippen LogP contribution in [0.2, 0.25) is 0 Å². The van der Waals surface area contributed by atoms with Crippen LogP contribution in [-0.4, -0.2) is 18.9 Å². The largest absolute Gasteiger partial charge is 0.422 e. The monoisotopic (exact) mass is 377 g/mol. The van der Waals surface area contributed by atoms with Crippen LogP contribution >= 0.6 is 0 Å². The maximum Gasteiger partial charge on any atom is 0.347 e. The van der Waals surface area contributed by atoms with E-state index in [1.54, 1.807) is 30.3 Å². The topological polar surface area (TPSA) is 50.5 Å². The highest BCUT2D eigenvalue weighted by molar-refractivity contribution is 6.09. The Morgan fingerprint density at radius 2 is 1.61 bits per heavy atom. The minimum absolute atomic E-state index is 0.0697. The standard InChI is InChI=1S/C24H27NO3/c1-3-5-14-25(15-6-4-2)20-13-12-19-16-21(24(27)28-22(19)17-20)23(26)18-10-8-7-9-11-18/h7-13,16-17H,3-6,14-15H2,1-2H3. The van der Waals surface area contributed by atoms with Gasteiger partial charge in [-0.1, -0.05) is 57.0 Å². The van der Waals surface area contributed by atoms with E-state index >= 15 is 0 Å². The van der Waals surface area contributed by atoms with Gasteiger partial charge in [0.15, 0.2) is 5.78 Å². The van der Waals surface area contributed by atoms with Gasteiger partial charge >= 0.3 is 5.63 Å². The van der Waals surface area contributed by atoms with Crippen LogP contribution in [0.4, 0.5) is 5.69 Å². The molecular weight excluding hydrogens is 350 g/mol. The fourth-order valence-electron chi connectivity index (χ4n) is 3.27. The number of carbonyl (C=O) groups is 1. The smallest absolute Gasteiger partial charge is 0.347 e. The van der Waals surface area contributed by atoms with Gasteiger partial charge in [-0.25, -0.2) is 4.79 Å². The number of fused-ring (bicyclic) bond motifs is 1. The van der Waals surface area contributed by atoms with Crippen molar-refractivity contribution in [1.82, 2.24) is 0 Å². The van der Waals surface area contributed by atoms with E-state index in [1.165, 1.54) is 0 Å². The van der Waals surface area contributed by atoms with Crippen molar-refractivity contribution in [3.63, 3.8) is 0 Å². The summed E-state index contributed by atoms with van der Waals surface area (Å²) in [6.07, 6.45) is 4.51. The molecule has 1 heterocycles. The zero-order valence-corrected chi connectivity index (χ0v) is 16.6. The molecule has 2 aromatic carbocycles. The highest BCUT2D eigenvalue weighted by Crippen LogP contribution is 2.23. The quantitative estimate of drug-likeness (QED) is 0.368. The van der Waals surface area contributed by atoms with E-state index in [-0.39, 0.29) is 11.3 Å². The fourth-order valence-corrected chi connectivity index (χ4v) is 3.27. The molecule has 0 atom stereocenters. The number of benzene rings is 2. The molecule has 146 valence electrons. The Bertz CT molecular complexity index is 984. The molecule has 0 fully saturated rings. The summed E-state index contributed by atoms with van der Waals surface area (Å²) in [5.74, 6) is -0.312. The van der Waals surface area contributed by atoms with E-state index in [0.29, 0.717) is 11.1 Å². The fraction of sp³-hybridized carbons (Fsp3) is 0.333. The van der Waals surface area contributed by atoms with Crippen molar-refractivity contribution in [2.45, 2.75) is 39.5 Å². The minimum Gasteiger partial charge on any atom is -0.422 e. The predicted octanol–water partition coefficient (Wildman–Crippen LogP) is 5.43. The number of carbonyl (C=O) groups excluding carboxylic acids is 1. The molecule has 0 aliphatic rings. The highest BCUT2D eigenvalue weighted by Gasteiger charge is 2.16. The molecule has 4 heteroatoms. The first kappa shape index (κ1) is 19.9. The normalized spacial score (nSPS) is 10.9. The van der Waals surface area contributed by atoms with Crippen molar-refractivity contribution in [2.75, 3.05) is 18.0 Å². The van der Waals surface area contributed by atoms with Crippen molar-refractivity contribution in [3.8, 4) is 0 Å². The van der Waals surface area contributed by atoms with E-state index < -0.39 is 5.63 Å². The van der Waals surface area contributed by atoms with Crippen LogP contribution in [0.5, 0.6) is 0 Å². The summed E-state index contributed by atoms with van der Waals surface area (Å²) in [5.41, 5.74) is 1.54. The summed E-state index contributed by atoms with van der Waals surface area (Å²) in [7, 11) is 0. The second kappa shape index (κ2) is 9.36. The van der Waals surface area contributed by atoms with Gasteiger partial charge in [0.2, 0.25) is 0 Å². The SMILES string of the molecule is CCCCN(CCCC)c1ccc2cc(C(=O)c3ccccc3)c(=O)oc2c1. The lowest BCUT2D eigenvalue weighted by molar-refractivity contribution is 0.103. The summed E-state index contributed by atoms with van der Waals surface area (Å²) in [6, 6.07) is 16.3. The first-order valence-corrected chi connectivity index (χ1v) is 10.1. The average Bonchev–Trinajstić information content (AvgIpc) is 2.73. The number of hydrogen-bond donors (Lipinski definition) is 0. The van der Waals surface area contributed by atoms with E-state index in [4.69, 9.17) is 4.42 Å². The third-order valence-electron chi connectivity index (χ3n) is 4.93. The molecule has 3 aromatic rings. The van der Waals surface area contributed by atoms with Crippen molar-refractivity contribution < 1.29 is 9.21 Å². The first-order chi connectivity index (χ1) is 13.6. The lowest BCUT2D eigenvalue weighted by atomic mass is 10.0. The lowest BCUT2D eigenvalue weighted by Gasteiger charge is -2.24.